The van der Waals surface area contributed by atoms with Gasteiger partial charge in [0.15, 0.2) is 0 Å². The lowest BCUT2D eigenvalue weighted by Gasteiger charge is -2.08. The second kappa shape index (κ2) is 9.49. The van der Waals surface area contributed by atoms with Crippen LogP contribution in [0.2, 0.25) is 5.02 Å². The van der Waals surface area contributed by atoms with E-state index in [2.05, 4.69) is 26.5 Å². The maximum Gasteiger partial charge on any atom is 0.343 e. The number of rotatable bonds is 5. The Morgan fingerprint density at radius 3 is 2.52 bits per heavy atom. The first-order valence-corrected chi connectivity index (χ1v) is 9.77. The number of esters is 1. The third-order valence-electron chi connectivity index (χ3n) is 3.90. The molecule has 3 rings (SSSR count). The highest BCUT2D eigenvalue weighted by Gasteiger charge is 2.12. The summed E-state index contributed by atoms with van der Waals surface area (Å²) in [6.07, 6.45) is 1.41. The zero-order valence-electron chi connectivity index (χ0n) is 15.4. The van der Waals surface area contributed by atoms with E-state index in [1.807, 2.05) is 13.0 Å². The standard InChI is InChI=1S/C22H16BrClN2O3/c1-14-3-2-4-16(11-14)22(28)29-20-10-7-18(23)12-17(20)13-25-26-21(27)15-5-8-19(24)9-6-15/h2-13H,1H3,(H,26,27). The smallest absolute Gasteiger partial charge is 0.343 e. The van der Waals surface area contributed by atoms with Crippen LogP contribution >= 0.6 is 27.5 Å². The number of ether oxygens (including phenoxy) is 1. The van der Waals surface area contributed by atoms with Crippen LogP contribution in [-0.4, -0.2) is 18.1 Å². The van der Waals surface area contributed by atoms with E-state index in [4.69, 9.17) is 16.3 Å². The number of nitrogens with one attached hydrogen (secondary N) is 1. The number of hydrazone groups is 1. The summed E-state index contributed by atoms with van der Waals surface area (Å²) < 4.78 is 6.29. The molecule has 0 spiro atoms. The molecule has 0 saturated heterocycles. The van der Waals surface area contributed by atoms with E-state index in [9.17, 15) is 9.59 Å². The van der Waals surface area contributed by atoms with Gasteiger partial charge in [0.05, 0.1) is 11.8 Å². The first-order valence-electron chi connectivity index (χ1n) is 8.60. The number of hydrogen-bond donors (Lipinski definition) is 1. The maximum absolute atomic E-state index is 12.4. The van der Waals surface area contributed by atoms with Crippen molar-refractivity contribution in [3.05, 3.63) is 98.5 Å². The van der Waals surface area contributed by atoms with E-state index >= 15 is 0 Å². The van der Waals surface area contributed by atoms with Gasteiger partial charge in [0.25, 0.3) is 5.91 Å². The van der Waals surface area contributed by atoms with Gasteiger partial charge in [0.1, 0.15) is 5.75 Å². The highest BCUT2D eigenvalue weighted by molar-refractivity contribution is 9.10. The molecular weight excluding hydrogens is 456 g/mol. The van der Waals surface area contributed by atoms with Crippen LogP contribution in [0.1, 0.15) is 31.8 Å². The predicted octanol–water partition coefficient (Wildman–Crippen LogP) is 5.39. The summed E-state index contributed by atoms with van der Waals surface area (Å²) in [5, 5.41) is 4.51. The predicted molar refractivity (Wildman–Crippen MR) is 117 cm³/mol. The molecule has 0 atom stereocenters. The van der Waals surface area contributed by atoms with E-state index in [-0.39, 0.29) is 5.91 Å². The molecule has 5 nitrogen and oxygen atoms in total. The third-order valence-corrected chi connectivity index (χ3v) is 4.65. The molecule has 7 heteroatoms. The van der Waals surface area contributed by atoms with Gasteiger partial charge in [-0.05, 0) is 61.5 Å². The van der Waals surface area contributed by atoms with E-state index in [1.165, 1.54) is 6.21 Å². The van der Waals surface area contributed by atoms with Crippen molar-refractivity contribution in [2.75, 3.05) is 0 Å². The zero-order valence-corrected chi connectivity index (χ0v) is 17.7. The normalized spacial score (nSPS) is 10.7. The van der Waals surface area contributed by atoms with Crippen molar-refractivity contribution in [2.45, 2.75) is 6.92 Å². The van der Waals surface area contributed by atoms with Crippen LogP contribution in [0, 0.1) is 6.92 Å². The van der Waals surface area contributed by atoms with Crippen LogP contribution in [0.25, 0.3) is 0 Å². The highest BCUT2D eigenvalue weighted by Crippen LogP contribution is 2.23. The first kappa shape index (κ1) is 20.8. The Bertz CT molecular complexity index is 1080. The Morgan fingerprint density at radius 1 is 1.03 bits per heavy atom. The number of carbonyl (C=O) groups excluding carboxylic acids is 2. The lowest BCUT2D eigenvalue weighted by atomic mass is 10.1. The van der Waals surface area contributed by atoms with Gasteiger partial charge >= 0.3 is 5.97 Å². The maximum atomic E-state index is 12.4. The molecule has 0 aliphatic heterocycles. The van der Waals surface area contributed by atoms with Crippen molar-refractivity contribution in [2.24, 2.45) is 5.10 Å². The van der Waals surface area contributed by atoms with Gasteiger partial charge in [0.2, 0.25) is 0 Å². The number of nitrogens with zero attached hydrogens (tertiary/aromatic N) is 1. The van der Waals surface area contributed by atoms with Gasteiger partial charge < -0.3 is 4.74 Å². The highest BCUT2D eigenvalue weighted by atomic mass is 79.9. The summed E-state index contributed by atoms with van der Waals surface area (Å²) in [7, 11) is 0. The fourth-order valence-electron chi connectivity index (χ4n) is 2.47. The second-order valence-corrected chi connectivity index (χ2v) is 7.50. The molecule has 29 heavy (non-hydrogen) atoms. The van der Waals surface area contributed by atoms with Crippen molar-refractivity contribution in [1.29, 1.82) is 0 Å². The molecule has 3 aromatic rings. The van der Waals surface area contributed by atoms with Crippen LogP contribution in [0.15, 0.2) is 76.3 Å². The fourth-order valence-corrected chi connectivity index (χ4v) is 2.98. The molecule has 0 heterocycles. The number of aryl methyl sites for hydroxylation is 1. The molecule has 146 valence electrons. The van der Waals surface area contributed by atoms with E-state index in [0.717, 1.165) is 10.0 Å². The van der Waals surface area contributed by atoms with Crippen LogP contribution in [0.3, 0.4) is 0 Å². The van der Waals surface area contributed by atoms with E-state index in [1.54, 1.807) is 60.7 Å². The van der Waals surface area contributed by atoms with Crippen molar-refractivity contribution < 1.29 is 14.3 Å². The minimum absolute atomic E-state index is 0.323. The molecule has 0 bridgehead atoms. The average Bonchev–Trinajstić information content (AvgIpc) is 2.70. The molecule has 0 fully saturated rings. The van der Waals surface area contributed by atoms with Gasteiger partial charge in [-0.1, -0.05) is 45.2 Å². The van der Waals surface area contributed by atoms with Gasteiger partial charge in [0, 0.05) is 20.6 Å². The van der Waals surface area contributed by atoms with Crippen LogP contribution in [0.5, 0.6) is 5.75 Å². The zero-order chi connectivity index (χ0) is 20.8. The molecule has 1 N–H and O–H groups in total. The van der Waals surface area contributed by atoms with Crippen molar-refractivity contribution in [3.8, 4) is 5.75 Å². The SMILES string of the molecule is Cc1cccc(C(=O)Oc2ccc(Br)cc2C=NNC(=O)c2ccc(Cl)cc2)c1. The molecule has 1 amide bonds. The first-order chi connectivity index (χ1) is 13.9. The lowest BCUT2D eigenvalue weighted by molar-refractivity contribution is 0.0734. The molecule has 0 aliphatic rings. The molecular formula is C22H16BrClN2O3. The number of benzene rings is 3. The summed E-state index contributed by atoms with van der Waals surface area (Å²) in [5.41, 5.74) is 4.80. The Morgan fingerprint density at radius 2 is 1.79 bits per heavy atom. The Balaban J connectivity index is 1.74. The summed E-state index contributed by atoms with van der Waals surface area (Å²) in [5.74, 6) is -0.536. The van der Waals surface area contributed by atoms with Gasteiger partial charge in [-0.25, -0.2) is 10.2 Å². The second-order valence-electron chi connectivity index (χ2n) is 6.15. The molecule has 0 unspecified atom stereocenters. The monoisotopic (exact) mass is 470 g/mol. The largest absolute Gasteiger partial charge is 0.422 e. The lowest BCUT2D eigenvalue weighted by Crippen LogP contribution is -2.17. The van der Waals surface area contributed by atoms with Crippen molar-refractivity contribution in [1.82, 2.24) is 5.43 Å². The topological polar surface area (TPSA) is 67.8 Å². The number of amides is 1. The fraction of sp³-hybridized carbons (Fsp3) is 0.0455. The van der Waals surface area contributed by atoms with Crippen LogP contribution in [0.4, 0.5) is 0 Å². The van der Waals surface area contributed by atoms with Crippen molar-refractivity contribution in [3.63, 3.8) is 0 Å². The van der Waals surface area contributed by atoms with Gasteiger partial charge in [-0.15, -0.1) is 0 Å². The van der Waals surface area contributed by atoms with Crippen LogP contribution in [-0.2, 0) is 0 Å². The average molecular weight is 472 g/mol. The minimum Gasteiger partial charge on any atom is -0.422 e. The van der Waals surface area contributed by atoms with E-state index in [0.29, 0.717) is 27.5 Å². The summed E-state index contributed by atoms with van der Waals surface area (Å²) in [6, 6.07) is 18.7. The van der Waals surface area contributed by atoms with Crippen LogP contribution < -0.4 is 10.2 Å². The molecule has 0 aromatic heterocycles. The Kier molecular flexibility index (Phi) is 6.80. The quantitative estimate of drug-likeness (QED) is 0.235. The molecule has 0 saturated carbocycles. The third kappa shape index (κ3) is 5.76. The number of halogens is 2. The number of hydrogen-bond acceptors (Lipinski definition) is 4. The van der Waals surface area contributed by atoms with Gasteiger partial charge in [-0.2, -0.15) is 5.10 Å². The molecule has 0 aliphatic carbocycles. The summed E-state index contributed by atoms with van der Waals surface area (Å²) >= 11 is 9.20. The Hall–Kier alpha value is -2.96. The molecule has 3 aromatic carbocycles. The summed E-state index contributed by atoms with van der Waals surface area (Å²) in [6.45, 7) is 1.90. The van der Waals surface area contributed by atoms with Crippen molar-refractivity contribution >= 4 is 45.6 Å². The summed E-state index contributed by atoms with van der Waals surface area (Å²) in [4.78, 5) is 24.6. The minimum atomic E-state index is -0.476. The molecule has 0 radical (unpaired) electrons. The number of carbonyl (C=O) groups is 2. The van der Waals surface area contributed by atoms with Gasteiger partial charge in [-0.3, -0.25) is 4.79 Å². The Labute approximate surface area is 181 Å². The van der Waals surface area contributed by atoms with E-state index < -0.39 is 5.97 Å².